The topological polar surface area (TPSA) is 67.1 Å². The number of carbonyl (C=O) groups excluding carboxylic acids is 1. The van der Waals surface area contributed by atoms with Gasteiger partial charge < -0.3 is 23.8 Å². The summed E-state index contributed by atoms with van der Waals surface area (Å²) in [5, 5.41) is 0. The standard InChI is InChI=1S/C28H44N2O5/c1-18(2)5-10-23-27(3,35-23)25-24(32-4)22(11-13-28(25)17-33-28)34-26(31)29-15-19(16-29)12-14-30-20-6-7-21(30)9-8-20/h5,19-25H,6-17H2,1-4H3/t20?,21?,22-,23-,24-,25?,27+,28+/m1/s1. The zero-order chi connectivity index (χ0) is 24.4. The van der Waals surface area contributed by atoms with E-state index in [-0.39, 0.29) is 41.5 Å². The van der Waals surface area contributed by atoms with E-state index >= 15 is 0 Å². The minimum Gasteiger partial charge on any atom is -0.443 e. The van der Waals surface area contributed by atoms with Gasteiger partial charge in [0, 0.05) is 32.3 Å². The van der Waals surface area contributed by atoms with E-state index < -0.39 is 0 Å². The van der Waals surface area contributed by atoms with Crippen molar-refractivity contribution in [2.75, 3.05) is 33.4 Å². The first-order chi connectivity index (χ1) is 16.8. The lowest BCUT2D eigenvalue weighted by molar-refractivity contribution is -0.124. The number of nitrogens with zero attached hydrogens (tertiary/aromatic N) is 2. The van der Waals surface area contributed by atoms with E-state index in [2.05, 4.69) is 31.7 Å². The van der Waals surface area contributed by atoms with Gasteiger partial charge in [0.1, 0.15) is 23.4 Å². The Morgan fingerprint density at radius 3 is 2.40 bits per heavy atom. The SMILES string of the molecule is CO[C@H]1C([C@@]2(C)O[C@@H]2CC=C(C)C)[C@]2(CC[C@H]1OC(=O)N1CC(CCN3C4CCC3CC4)C1)CO2. The quantitative estimate of drug-likeness (QED) is 0.378. The van der Waals surface area contributed by atoms with Gasteiger partial charge in [0.05, 0.1) is 18.6 Å². The molecule has 0 radical (unpaired) electrons. The molecule has 1 aliphatic carbocycles. The van der Waals surface area contributed by atoms with Crippen LogP contribution in [0.3, 0.4) is 0 Å². The van der Waals surface area contributed by atoms with Crippen molar-refractivity contribution in [3.8, 4) is 0 Å². The molecule has 6 rings (SSSR count). The molecule has 1 unspecified atom stereocenters. The second-order valence-electron chi connectivity index (χ2n) is 12.6. The Kier molecular flexibility index (Phi) is 6.22. The third-order valence-electron chi connectivity index (χ3n) is 10.1. The van der Waals surface area contributed by atoms with Gasteiger partial charge in [-0.15, -0.1) is 0 Å². The lowest BCUT2D eigenvalue weighted by Crippen LogP contribution is -2.57. The van der Waals surface area contributed by atoms with E-state index in [1.165, 1.54) is 44.2 Å². The molecule has 7 heteroatoms. The highest BCUT2D eigenvalue weighted by molar-refractivity contribution is 5.69. The predicted octanol–water partition coefficient (Wildman–Crippen LogP) is 4.15. The van der Waals surface area contributed by atoms with Crippen LogP contribution in [-0.4, -0.2) is 90.8 Å². The van der Waals surface area contributed by atoms with Crippen LogP contribution >= 0.6 is 0 Å². The largest absolute Gasteiger partial charge is 0.443 e. The molecule has 5 aliphatic heterocycles. The summed E-state index contributed by atoms with van der Waals surface area (Å²) in [6.07, 6.45) is 11.1. The van der Waals surface area contributed by atoms with Crippen LogP contribution in [0, 0.1) is 11.8 Å². The molecule has 1 saturated carbocycles. The summed E-state index contributed by atoms with van der Waals surface area (Å²) >= 11 is 0. The van der Waals surface area contributed by atoms with Crippen molar-refractivity contribution in [1.82, 2.24) is 9.80 Å². The lowest BCUT2D eigenvalue weighted by atomic mass is 9.68. The first-order valence-electron chi connectivity index (χ1n) is 14.0. The Morgan fingerprint density at radius 2 is 1.80 bits per heavy atom. The molecule has 6 fully saturated rings. The van der Waals surface area contributed by atoms with E-state index in [9.17, 15) is 4.79 Å². The number of allylic oxidation sites excluding steroid dienone is 1. The Hall–Kier alpha value is -1.15. The monoisotopic (exact) mass is 488 g/mol. The molecule has 6 atom stereocenters. The van der Waals surface area contributed by atoms with Crippen LogP contribution in [0.4, 0.5) is 4.79 Å². The summed E-state index contributed by atoms with van der Waals surface area (Å²) in [6, 6.07) is 1.67. The maximum absolute atomic E-state index is 13.0. The summed E-state index contributed by atoms with van der Waals surface area (Å²) in [6.45, 7) is 10.0. The number of fused-ring (bicyclic) bond motifs is 2. The molecule has 0 aromatic heterocycles. The fourth-order valence-corrected chi connectivity index (χ4v) is 7.89. The number of ether oxygens (including phenoxy) is 4. The van der Waals surface area contributed by atoms with Crippen molar-refractivity contribution in [2.45, 2.75) is 114 Å². The van der Waals surface area contributed by atoms with Gasteiger partial charge in [-0.25, -0.2) is 4.79 Å². The summed E-state index contributed by atoms with van der Waals surface area (Å²) in [5.41, 5.74) is 0.819. The van der Waals surface area contributed by atoms with Gasteiger partial charge in [-0.1, -0.05) is 11.6 Å². The molecule has 0 N–H and O–H groups in total. The molecule has 1 spiro atoms. The van der Waals surface area contributed by atoms with Crippen molar-refractivity contribution < 1.29 is 23.7 Å². The van der Waals surface area contributed by atoms with Crippen molar-refractivity contribution in [3.05, 3.63) is 11.6 Å². The minimum absolute atomic E-state index is 0.0714. The lowest BCUT2D eigenvalue weighted by Gasteiger charge is -2.44. The maximum atomic E-state index is 13.0. The summed E-state index contributed by atoms with van der Waals surface area (Å²) in [7, 11) is 1.74. The Bertz CT molecular complexity index is 828. The fourth-order valence-electron chi connectivity index (χ4n) is 7.89. The van der Waals surface area contributed by atoms with Gasteiger partial charge >= 0.3 is 6.09 Å². The Balaban J connectivity index is 1.02. The smallest absolute Gasteiger partial charge is 0.410 e. The molecule has 0 aromatic rings. The molecular weight excluding hydrogens is 444 g/mol. The predicted molar refractivity (Wildman–Crippen MR) is 132 cm³/mol. The van der Waals surface area contributed by atoms with Gasteiger partial charge in [-0.2, -0.15) is 0 Å². The average molecular weight is 489 g/mol. The molecule has 6 aliphatic rings. The van der Waals surface area contributed by atoms with Crippen LogP contribution in [0.2, 0.25) is 0 Å². The summed E-state index contributed by atoms with van der Waals surface area (Å²) < 4.78 is 24.4. The summed E-state index contributed by atoms with van der Waals surface area (Å²) in [5.74, 6) is 0.680. The molecular formula is C28H44N2O5. The van der Waals surface area contributed by atoms with Gasteiger partial charge in [0.2, 0.25) is 0 Å². The number of likely N-dealkylation sites (tertiary alicyclic amines) is 1. The van der Waals surface area contributed by atoms with Crippen LogP contribution in [-0.2, 0) is 18.9 Å². The molecule has 2 bridgehead atoms. The third kappa shape index (κ3) is 4.34. The van der Waals surface area contributed by atoms with E-state index in [1.54, 1.807) is 7.11 Å². The van der Waals surface area contributed by atoms with Crippen molar-refractivity contribution in [1.29, 1.82) is 0 Å². The summed E-state index contributed by atoms with van der Waals surface area (Å²) in [4.78, 5) is 17.7. The average Bonchev–Trinajstić information content (AvgIpc) is 3.64. The molecule has 196 valence electrons. The molecule has 0 aromatic carbocycles. The van der Waals surface area contributed by atoms with Gasteiger partial charge in [-0.05, 0) is 84.6 Å². The first kappa shape index (κ1) is 24.2. The van der Waals surface area contributed by atoms with Crippen LogP contribution in [0.25, 0.3) is 0 Å². The second kappa shape index (κ2) is 9.00. The molecule has 5 saturated heterocycles. The molecule has 35 heavy (non-hydrogen) atoms. The Labute approximate surface area is 210 Å². The third-order valence-corrected chi connectivity index (χ3v) is 10.1. The normalized spacial score (nSPS) is 44.4. The van der Waals surface area contributed by atoms with Crippen LogP contribution in [0.1, 0.15) is 72.1 Å². The van der Waals surface area contributed by atoms with E-state index in [0.717, 1.165) is 51.0 Å². The number of carbonyl (C=O) groups is 1. The number of hydrogen-bond donors (Lipinski definition) is 0. The molecule has 7 nitrogen and oxygen atoms in total. The second-order valence-corrected chi connectivity index (χ2v) is 12.6. The van der Waals surface area contributed by atoms with Crippen molar-refractivity contribution in [2.24, 2.45) is 11.8 Å². The van der Waals surface area contributed by atoms with Crippen LogP contribution in [0.15, 0.2) is 11.6 Å². The number of rotatable bonds is 8. The highest BCUT2D eigenvalue weighted by Crippen LogP contribution is 2.59. The minimum atomic E-state index is -0.301. The zero-order valence-corrected chi connectivity index (χ0v) is 22.0. The van der Waals surface area contributed by atoms with E-state index in [1.807, 2.05) is 4.90 Å². The van der Waals surface area contributed by atoms with E-state index in [0.29, 0.717) is 5.92 Å². The van der Waals surface area contributed by atoms with E-state index in [4.69, 9.17) is 18.9 Å². The van der Waals surface area contributed by atoms with Crippen molar-refractivity contribution >= 4 is 6.09 Å². The number of methoxy groups -OCH3 is 1. The highest BCUT2D eigenvalue weighted by atomic mass is 16.6. The van der Waals surface area contributed by atoms with Gasteiger partial charge in [0.25, 0.3) is 0 Å². The molecule has 5 heterocycles. The number of amides is 1. The van der Waals surface area contributed by atoms with Gasteiger partial charge in [0.15, 0.2) is 0 Å². The highest BCUT2D eigenvalue weighted by Gasteiger charge is 2.72. The number of epoxide rings is 2. The maximum Gasteiger partial charge on any atom is 0.410 e. The first-order valence-corrected chi connectivity index (χ1v) is 14.0. The molecule has 1 amide bonds. The zero-order valence-electron chi connectivity index (χ0n) is 22.0. The number of hydrogen-bond acceptors (Lipinski definition) is 6. The van der Waals surface area contributed by atoms with Gasteiger partial charge in [-0.3, -0.25) is 4.90 Å². The van der Waals surface area contributed by atoms with Crippen LogP contribution in [0.5, 0.6) is 0 Å². The Morgan fingerprint density at radius 1 is 1.11 bits per heavy atom. The fraction of sp³-hybridized carbons (Fsp3) is 0.893. The van der Waals surface area contributed by atoms with Crippen LogP contribution < -0.4 is 0 Å². The van der Waals surface area contributed by atoms with Crippen molar-refractivity contribution in [3.63, 3.8) is 0 Å².